The van der Waals surface area contributed by atoms with E-state index in [1.54, 1.807) is 36.4 Å². The first-order valence-corrected chi connectivity index (χ1v) is 14.9. The molecular weight excluding hydrogens is 510 g/mol. The number of anilines is 1. The number of aryl methyl sites for hydroxylation is 2. The van der Waals surface area contributed by atoms with Gasteiger partial charge in [0.15, 0.2) is 0 Å². The lowest BCUT2D eigenvalue weighted by atomic mass is 10.1. The highest BCUT2D eigenvalue weighted by molar-refractivity contribution is 7.92. The fraction of sp³-hybridized carbons (Fsp3) is 0.355. The number of rotatable bonds is 13. The third-order valence-electron chi connectivity index (χ3n) is 6.75. The summed E-state index contributed by atoms with van der Waals surface area (Å²) in [5.74, 6) is -0.672. The standard InChI is InChI=1S/C31H39N3O4S/c1-5-26-15-11-12-16-29(26)34(39(37,38)27-19-17-24(4)18-20-27)23-30(35)33(28(6-2)31(36)32-7-3)22-21-25-13-9-8-10-14-25/h8-20,28H,5-7,21-23H2,1-4H3,(H,32,36). The van der Waals surface area contributed by atoms with Gasteiger partial charge in [-0.15, -0.1) is 0 Å². The van der Waals surface area contributed by atoms with Crippen LogP contribution in [0.15, 0.2) is 83.8 Å². The SMILES string of the molecule is CCNC(=O)C(CC)N(CCc1ccccc1)C(=O)CN(c1ccccc1CC)S(=O)(=O)c1ccc(C)cc1. The van der Waals surface area contributed by atoms with Crippen LogP contribution in [0.25, 0.3) is 0 Å². The molecule has 1 N–H and O–H groups in total. The maximum atomic E-state index is 14.0. The van der Waals surface area contributed by atoms with Crippen molar-refractivity contribution in [1.82, 2.24) is 10.2 Å². The van der Waals surface area contributed by atoms with Crippen LogP contribution in [0, 0.1) is 6.92 Å². The van der Waals surface area contributed by atoms with Crippen LogP contribution in [-0.4, -0.2) is 50.8 Å². The van der Waals surface area contributed by atoms with Gasteiger partial charge in [0.1, 0.15) is 12.6 Å². The lowest BCUT2D eigenvalue weighted by Gasteiger charge is -2.33. The van der Waals surface area contributed by atoms with Gasteiger partial charge in [0.05, 0.1) is 10.6 Å². The minimum Gasteiger partial charge on any atom is -0.355 e. The summed E-state index contributed by atoms with van der Waals surface area (Å²) in [6.45, 7) is 7.83. The number of para-hydroxylation sites is 1. The molecule has 0 saturated heterocycles. The lowest BCUT2D eigenvalue weighted by Crippen LogP contribution is -2.53. The van der Waals surface area contributed by atoms with Crippen LogP contribution in [0.5, 0.6) is 0 Å². The van der Waals surface area contributed by atoms with Crippen LogP contribution in [-0.2, 0) is 32.5 Å². The molecule has 0 bridgehead atoms. The van der Waals surface area contributed by atoms with Gasteiger partial charge < -0.3 is 10.2 Å². The molecule has 0 saturated carbocycles. The molecule has 0 spiro atoms. The van der Waals surface area contributed by atoms with Gasteiger partial charge in [0.2, 0.25) is 11.8 Å². The van der Waals surface area contributed by atoms with E-state index in [-0.39, 0.29) is 17.3 Å². The Bertz CT molecular complexity index is 1340. The molecule has 0 aliphatic rings. The molecule has 39 heavy (non-hydrogen) atoms. The number of carbonyl (C=O) groups excluding carboxylic acids is 2. The number of likely N-dealkylation sites (N-methyl/N-ethyl adjacent to an activating group) is 1. The van der Waals surface area contributed by atoms with Crippen molar-refractivity contribution in [2.75, 3.05) is 23.9 Å². The fourth-order valence-electron chi connectivity index (χ4n) is 4.59. The average Bonchev–Trinajstić information content (AvgIpc) is 2.94. The predicted molar refractivity (Wildman–Crippen MR) is 156 cm³/mol. The Morgan fingerprint density at radius 2 is 1.51 bits per heavy atom. The Morgan fingerprint density at radius 1 is 0.872 bits per heavy atom. The van der Waals surface area contributed by atoms with E-state index in [9.17, 15) is 18.0 Å². The zero-order valence-electron chi connectivity index (χ0n) is 23.3. The zero-order valence-corrected chi connectivity index (χ0v) is 24.1. The van der Waals surface area contributed by atoms with E-state index < -0.39 is 28.5 Å². The van der Waals surface area contributed by atoms with Crippen molar-refractivity contribution in [3.8, 4) is 0 Å². The molecule has 0 aromatic heterocycles. The molecule has 208 valence electrons. The highest BCUT2D eigenvalue weighted by Gasteiger charge is 2.33. The lowest BCUT2D eigenvalue weighted by molar-refractivity contribution is -0.139. The van der Waals surface area contributed by atoms with E-state index in [1.165, 1.54) is 9.21 Å². The highest BCUT2D eigenvalue weighted by Crippen LogP contribution is 2.28. The van der Waals surface area contributed by atoms with Crippen LogP contribution < -0.4 is 9.62 Å². The van der Waals surface area contributed by atoms with Gasteiger partial charge in [-0.3, -0.25) is 13.9 Å². The molecule has 0 aliphatic heterocycles. The van der Waals surface area contributed by atoms with E-state index in [4.69, 9.17) is 0 Å². The van der Waals surface area contributed by atoms with E-state index in [1.807, 2.05) is 70.2 Å². The highest BCUT2D eigenvalue weighted by atomic mass is 32.2. The second kappa shape index (κ2) is 13.9. The molecule has 8 heteroatoms. The molecule has 0 heterocycles. The molecule has 3 rings (SSSR count). The maximum Gasteiger partial charge on any atom is 0.264 e. The van der Waals surface area contributed by atoms with Crippen molar-refractivity contribution in [2.24, 2.45) is 0 Å². The largest absolute Gasteiger partial charge is 0.355 e. The topological polar surface area (TPSA) is 86.8 Å². The van der Waals surface area contributed by atoms with Crippen LogP contribution in [0.1, 0.15) is 43.9 Å². The summed E-state index contributed by atoms with van der Waals surface area (Å²) in [5.41, 5.74) is 3.24. The van der Waals surface area contributed by atoms with E-state index in [2.05, 4.69) is 5.32 Å². The summed E-state index contributed by atoms with van der Waals surface area (Å²) in [6, 6.07) is 22.9. The maximum absolute atomic E-state index is 14.0. The molecule has 7 nitrogen and oxygen atoms in total. The van der Waals surface area contributed by atoms with Gasteiger partial charge in [-0.1, -0.05) is 80.1 Å². The van der Waals surface area contributed by atoms with E-state index in [0.29, 0.717) is 31.5 Å². The Morgan fingerprint density at radius 3 is 2.13 bits per heavy atom. The van der Waals surface area contributed by atoms with Crippen LogP contribution in [0.4, 0.5) is 5.69 Å². The van der Waals surface area contributed by atoms with Crippen molar-refractivity contribution in [3.05, 3.63) is 95.6 Å². The number of amides is 2. The summed E-state index contributed by atoms with van der Waals surface area (Å²) >= 11 is 0. The van der Waals surface area contributed by atoms with Crippen molar-refractivity contribution in [3.63, 3.8) is 0 Å². The number of sulfonamides is 1. The smallest absolute Gasteiger partial charge is 0.264 e. The molecule has 0 radical (unpaired) electrons. The first-order valence-electron chi connectivity index (χ1n) is 13.5. The summed E-state index contributed by atoms with van der Waals surface area (Å²) in [6.07, 6.45) is 1.54. The van der Waals surface area contributed by atoms with Crippen molar-refractivity contribution < 1.29 is 18.0 Å². The van der Waals surface area contributed by atoms with Gasteiger partial charge >= 0.3 is 0 Å². The molecule has 3 aromatic carbocycles. The van der Waals surface area contributed by atoms with Crippen LogP contribution >= 0.6 is 0 Å². The van der Waals surface area contributed by atoms with Crippen LogP contribution in [0.2, 0.25) is 0 Å². The van der Waals surface area contributed by atoms with Crippen molar-refractivity contribution in [1.29, 1.82) is 0 Å². The predicted octanol–water partition coefficient (Wildman–Crippen LogP) is 4.74. The average molecular weight is 550 g/mol. The van der Waals surface area contributed by atoms with Gasteiger partial charge in [0, 0.05) is 13.1 Å². The third kappa shape index (κ3) is 7.47. The van der Waals surface area contributed by atoms with E-state index in [0.717, 1.165) is 16.7 Å². The van der Waals surface area contributed by atoms with Crippen LogP contribution in [0.3, 0.4) is 0 Å². The van der Waals surface area contributed by atoms with Gasteiger partial charge in [-0.2, -0.15) is 0 Å². The normalized spacial score (nSPS) is 12.0. The summed E-state index contributed by atoms with van der Waals surface area (Å²) in [7, 11) is -4.08. The van der Waals surface area contributed by atoms with Gasteiger partial charge in [0.25, 0.3) is 10.0 Å². The quantitative estimate of drug-likeness (QED) is 0.334. The number of benzene rings is 3. The summed E-state index contributed by atoms with van der Waals surface area (Å²) in [4.78, 5) is 28.7. The molecule has 0 aliphatic carbocycles. The monoisotopic (exact) mass is 549 g/mol. The summed E-state index contributed by atoms with van der Waals surface area (Å²) < 4.78 is 29.2. The molecule has 2 amide bonds. The molecule has 3 aromatic rings. The first-order chi connectivity index (χ1) is 18.7. The number of hydrogen-bond acceptors (Lipinski definition) is 4. The van der Waals surface area contributed by atoms with Gasteiger partial charge in [-0.25, -0.2) is 8.42 Å². The zero-order chi connectivity index (χ0) is 28.4. The number of hydrogen-bond donors (Lipinski definition) is 1. The second-order valence-electron chi connectivity index (χ2n) is 9.45. The molecule has 0 fully saturated rings. The Hall–Kier alpha value is -3.65. The molecule has 1 atom stereocenters. The van der Waals surface area contributed by atoms with E-state index >= 15 is 0 Å². The van der Waals surface area contributed by atoms with Crippen molar-refractivity contribution >= 4 is 27.5 Å². The minimum absolute atomic E-state index is 0.110. The minimum atomic E-state index is -4.08. The first kappa shape index (κ1) is 29.9. The number of carbonyl (C=O) groups is 2. The van der Waals surface area contributed by atoms with Gasteiger partial charge in [-0.05, 0) is 62.4 Å². The fourth-order valence-corrected chi connectivity index (χ4v) is 6.04. The Balaban J connectivity index is 2.04. The third-order valence-corrected chi connectivity index (χ3v) is 8.52. The summed E-state index contributed by atoms with van der Waals surface area (Å²) in [5, 5.41) is 2.83. The Kier molecular flexibility index (Phi) is 10.7. The molecular formula is C31H39N3O4S. The molecule has 1 unspecified atom stereocenters. The number of nitrogens with zero attached hydrogens (tertiary/aromatic N) is 2. The Labute approximate surface area is 232 Å². The second-order valence-corrected chi connectivity index (χ2v) is 11.3. The number of nitrogens with one attached hydrogen (secondary N) is 1. The van der Waals surface area contributed by atoms with Crippen molar-refractivity contribution in [2.45, 2.75) is 57.9 Å².